The fourth-order valence-corrected chi connectivity index (χ4v) is 5.28. The van der Waals surface area contributed by atoms with Gasteiger partial charge in [0.1, 0.15) is 11.5 Å². The highest BCUT2D eigenvalue weighted by Gasteiger charge is 2.26. The van der Waals surface area contributed by atoms with Crippen molar-refractivity contribution in [2.75, 3.05) is 13.1 Å². The van der Waals surface area contributed by atoms with Crippen molar-refractivity contribution in [3.8, 4) is 0 Å². The zero-order valence-corrected chi connectivity index (χ0v) is 16.8. The van der Waals surface area contributed by atoms with Gasteiger partial charge in [0.2, 0.25) is 0 Å². The van der Waals surface area contributed by atoms with Crippen LogP contribution in [0.4, 0.5) is 0 Å². The van der Waals surface area contributed by atoms with Crippen molar-refractivity contribution in [3.63, 3.8) is 0 Å². The lowest BCUT2D eigenvalue weighted by Gasteiger charge is -2.37. The van der Waals surface area contributed by atoms with Crippen molar-refractivity contribution < 1.29 is 0 Å². The topological polar surface area (TPSA) is 38.4 Å². The molecule has 4 aromatic rings. The minimum Gasteiger partial charge on any atom is -0.328 e. The molecule has 0 bridgehead atoms. The van der Waals surface area contributed by atoms with Gasteiger partial charge < -0.3 is 8.97 Å². The summed E-state index contributed by atoms with van der Waals surface area (Å²) in [5.74, 6) is 1.29. The SMILES string of the molecule is c1cn2cc(Cc3ccc4c(c3)nc3n4CCCN4CCCC[C@H]4C3)ccc2n1. The van der Waals surface area contributed by atoms with E-state index in [0.717, 1.165) is 30.6 Å². The maximum Gasteiger partial charge on any atom is 0.136 e. The molecule has 2 aliphatic rings. The summed E-state index contributed by atoms with van der Waals surface area (Å²) in [5.41, 5.74) is 6.08. The predicted molar refractivity (Wildman–Crippen MR) is 115 cm³/mol. The summed E-state index contributed by atoms with van der Waals surface area (Å²) in [6, 6.07) is 11.8. The van der Waals surface area contributed by atoms with Crippen LogP contribution in [0.5, 0.6) is 0 Å². The molecule has 0 amide bonds. The van der Waals surface area contributed by atoms with Crippen LogP contribution in [0.1, 0.15) is 42.6 Å². The van der Waals surface area contributed by atoms with Gasteiger partial charge >= 0.3 is 0 Å². The van der Waals surface area contributed by atoms with Gasteiger partial charge in [0.25, 0.3) is 0 Å². The Hall–Kier alpha value is -2.66. The highest BCUT2D eigenvalue weighted by molar-refractivity contribution is 5.77. The molecular weight excluding hydrogens is 358 g/mol. The minimum absolute atomic E-state index is 0.681. The molecule has 0 unspecified atom stereocenters. The number of imidazole rings is 2. The number of benzene rings is 1. The predicted octanol–water partition coefficient (Wildman–Crippen LogP) is 4.08. The van der Waals surface area contributed by atoms with Crippen LogP contribution in [0.3, 0.4) is 0 Å². The molecular formula is C24H27N5. The number of hydrogen-bond acceptors (Lipinski definition) is 3. The molecule has 2 aliphatic heterocycles. The van der Waals surface area contributed by atoms with E-state index in [4.69, 9.17) is 4.98 Å². The Balaban J connectivity index is 1.32. The highest BCUT2D eigenvalue weighted by Crippen LogP contribution is 2.27. The Morgan fingerprint density at radius 1 is 0.966 bits per heavy atom. The van der Waals surface area contributed by atoms with Crippen LogP contribution < -0.4 is 0 Å². The summed E-state index contributed by atoms with van der Waals surface area (Å²) < 4.78 is 4.58. The number of aryl methyl sites for hydroxylation is 1. The number of rotatable bonds is 2. The van der Waals surface area contributed by atoms with E-state index < -0.39 is 0 Å². The van der Waals surface area contributed by atoms with Gasteiger partial charge in [-0.3, -0.25) is 4.90 Å². The van der Waals surface area contributed by atoms with Crippen LogP contribution in [-0.4, -0.2) is 43.0 Å². The second kappa shape index (κ2) is 6.99. The van der Waals surface area contributed by atoms with Crippen LogP contribution in [-0.2, 0) is 19.4 Å². The first-order valence-corrected chi connectivity index (χ1v) is 11.0. The Labute approximate surface area is 171 Å². The van der Waals surface area contributed by atoms with Crippen molar-refractivity contribution in [2.24, 2.45) is 0 Å². The lowest BCUT2D eigenvalue weighted by atomic mass is 9.98. The van der Waals surface area contributed by atoms with Crippen molar-refractivity contribution in [1.82, 2.24) is 23.8 Å². The normalized spacial score (nSPS) is 20.3. The molecule has 5 nitrogen and oxygen atoms in total. The van der Waals surface area contributed by atoms with Crippen LogP contribution in [0.25, 0.3) is 16.7 Å². The summed E-state index contributed by atoms with van der Waals surface area (Å²) in [7, 11) is 0. The van der Waals surface area contributed by atoms with Crippen molar-refractivity contribution >= 4 is 16.7 Å². The van der Waals surface area contributed by atoms with Gasteiger partial charge in [-0.15, -0.1) is 0 Å². The molecule has 1 saturated heterocycles. The second-order valence-electron chi connectivity index (χ2n) is 8.65. The molecule has 3 aromatic heterocycles. The number of pyridine rings is 1. The standard InChI is InChI=1S/C24H27N5/c1-2-10-27-11-3-12-29-22-7-5-18(15-21(22)26-24(29)16-20(27)4-1)14-19-6-8-23-25-9-13-28(23)17-19/h5-9,13,15,17,20H,1-4,10-12,14,16H2/t20-/m0/s1. The molecule has 5 heteroatoms. The number of nitrogens with zero attached hydrogens (tertiary/aromatic N) is 5. The molecule has 6 rings (SSSR count). The van der Waals surface area contributed by atoms with Crippen molar-refractivity contribution in [2.45, 2.75) is 51.1 Å². The monoisotopic (exact) mass is 385 g/mol. The molecule has 148 valence electrons. The van der Waals surface area contributed by atoms with Gasteiger partial charge in [-0.25, -0.2) is 9.97 Å². The first-order valence-electron chi connectivity index (χ1n) is 11.0. The Kier molecular flexibility index (Phi) is 4.15. The van der Waals surface area contributed by atoms with Crippen LogP contribution >= 0.6 is 0 Å². The summed E-state index contributed by atoms with van der Waals surface area (Å²) >= 11 is 0. The van der Waals surface area contributed by atoms with E-state index in [2.05, 4.69) is 55.4 Å². The summed E-state index contributed by atoms with van der Waals surface area (Å²) in [6.45, 7) is 3.60. The van der Waals surface area contributed by atoms with E-state index in [0.29, 0.717) is 6.04 Å². The highest BCUT2D eigenvalue weighted by atomic mass is 15.2. The molecule has 5 heterocycles. The maximum absolute atomic E-state index is 5.11. The fourth-order valence-electron chi connectivity index (χ4n) is 5.28. The van der Waals surface area contributed by atoms with Crippen LogP contribution in [0, 0.1) is 0 Å². The lowest BCUT2D eigenvalue weighted by Crippen LogP contribution is -2.43. The molecule has 0 N–H and O–H groups in total. The van der Waals surface area contributed by atoms with E-state index in [1.807, 2.05) is 12.4 Å². The lowest BCUT2D eigenvalue weighted by molar-refractivity contribution is 0.135. The van der Waals surface area contributed by atoms with E-state index in [9.17, 15) is 0 Å². The molecule has 0 spiro atoms. The largest absolute Gasteiger partial charge is 0.328 e. The Morgan fingerprint density at radius 2 is 1.90 bits per heavy atom. The van der Waals surface area contributed by atoms with Gasteiger partial charge in [-0.1, -0.05) is 18.6 Å². The molecule has 1 fully saturated rings. The third-order valence-corrected chi connectivity index (χ3v) is 6.74. The van der Waals surface area contributed by atoms with E-state index in [1.54, 1.807) is 0 Å². The van der Waals surface area contributed by atoms with Gasteiger partial charge in [0.15, 0.2) is 0 Å². The zero-order chi connectivity index (χ0) is 19.2. The van der Waals surface area contributed by atoms with E-state index >= 15 is 0 Å². The van der Waals surface area contributed by atoms with E-state index in [1.165, 1.54) is 61.2 Å². The molecule has 1 aromatic carbocycles. The quantitative estimate of drug-likeness (QED) is 0.522. The van der Waals surface area contributed by atoms with Crippen molar-refractivity contribution in [3.05, 3.63) is 65.9 Å². The number of piperidine rings is 1. The average molecular weight is 386 g/mol. The minimum atomic E-state index is 0.681. The first kappa shape index (κ1) is 17.2. The first-order chi connectivity index (χ1) is 14.3. The van der Waals surface area contributed by atoms with Gasteiger partial charge in [-0.05, 0) is 61.6 Å². The average Bonchev–Trinajstić information content (AvgIpc) is 3.31. The zero-order valence-electron chi connectivity index (χ0n) is 16.8. The smallest absolute Gasteiger partial charge is 0.136 e. The number of fused-ring (bicyclic) bond motifs is 5. The van der Waals surface area contributed by atoms with Gasteiger partial charge in [0, 0.05) is 44.1 Å². The summed E-state index contributed by atoms with van der Waals surface area (Å²) in [4.78, 5) is 12.2. The molecule has 1 atom stereocenters. The van der Waals surface area contributed by atoms with Crippen molar-refractivity contribution in [1.29, 1.82) is 0 Å². The summed E-state index contributed by atoms with van der Waals surface area (Å²) in [5, 5.41) is 0. The Morgan fingerprint density at radius 3 is 2.90 bits per heavy atom. The number of aromatic nitrogens is 4. The third kappa shape index (κ3) is 3.14. The fraction of sp³-hybridized carbons (Fsp3) is 0.417. The third-order valence-electron chi connectivity index (χ3n) is 6.74. The summed E-state index contributed by atoms with van der Waals surface area (Å²) in [6.07, 6.45) is 13.3. The van der Waals surface area contributed by atoms with E-state index in [-0.39, 0.29) is 0 Å². The van der Waals surface area contributed by atoms with Crippen LogP contribution in [0.2, 0.25) is 0 Å². The van der Waals surface area contributed by atoms with Crippen LogP contribution in [0.15, 0.2) is 48.9 Å². The number of hydrogen-bond donors (Lipinski definition) is 0. The van der Waals surface area contributed by atoms with Gasteiger partial charge in [0.05, 0.1) is 11.0 Å². The molecule has 0 saturated carbocycles. The Bertz CT molecular complexity index is 1170. The van der Waals surface area contributed by atoms with Gasteiger partial charge in [-0.2, -0.15) is 0 Å². The second-order valence-corrected chi connectivity index (χ2v) is 8.65. The molecule has 0 aliphatic carbocycles. The maximum atomic E-state index is 5.11. The molecule has 29 heavy (non-hydrogen) atoms. The molecule has 0 radical (unpaired) electrons.